The lowest BCUT2D eigenvalue weighted by molar-refractivity contribution is 0.364. The van der Waals surface area contributed by atoms with Crippen LogP contribution in [0.4, 0.5) is 5.82 Å². The fraction of sp³-hybridized carbons (Fsp3) is 0.357. The van der Waals surface area contributed by atoms with E-state index < -0.39 is 0 Å². The van der Waals surface area contributed by atoms with Gasteiger partial charge in [0.2, 0.25) is 0 Å². The van der Waals surface area contributed by atoms with Crippen molar-refractivity contribution in [1.29, 1.82) is 0 Å². The smallest absolute Gasteiger partial charge is 0.163 e. The molecule has 1 aromatic carbocycles. The van der Waals surface area contributed by atoms with Crippen LogP contribution in [0.25, 0.3) is 44.2 Å². The van der Waals surface area contributed by atoms with E-state index in [4.69, 9.17) is 9.97 Å². The highest BCUT2D eigenvalue weighted by atomic mass is 15.1. The van der Waals surface area contributed by atoms with Crippen LogP contribution in [0.2, 0.25) is 0 Å². The molecule has 5 aromatic rings. The molecule has 0 radical (unpaired) electrons. The van der Waals surface area contributed by atoms with Crippen LogP contribution in [0.3, 0.4) is 0 Å². The minimum absolute atomic E-state index is 0.0156. The standard InChI is InChI=1S/C28H29N7/c1-28(10-13-29-14-11-28)35-27-24-20(17-5-4-6-17)15-30-16-22(24)33-25(34-27)19-9-12-31-26-23(19)18-7-2-3-8-21(18)32-26/h2-3,7-9,12,15-17,29H,4-6,10-11,13-14H2,1H3,(H,31,32)(H,33,34,35). The van der Waals surface area contributed by atoms with E-state index >= 15 is 0 Å². The Kier molecular flexibility index (Phi) is 4.74. The van der Waals surface area contributed by atoms with Gasteiger partial charge in [0.15, 0.2) is 5.82 Å². The number of para-hydroxylation sites is 1. The predicted molar refractivity (Wildman–Crippen MR) is 141 cm³/mol. The number of aromatic amines is 1. The maximum Gasteiger partial charge on any atom is 0.163 e. The zero-order valence-electron chi connectivity index (χ0n) is 19.9. The molecule has 2 aliphatic rings. The minimum atomic E-state index is -0.0156. The number of rotatable bonds is 4. The highest BCUT2D eigenvalue weighted by molar-refractivity contribution is 6.12. The van der Waals surface area contributed by atoms with E-state index in [0.29, 0.717) is 11.7 Å². The molecule has 1 saturated carbocycles. The van der Waals surface area contributed by atoms with Gasteiger partial charge in [-0.05, 0) is 69.3 Å². The van der Waals surface area contributed by atoms with Crippen molar-refractivity contribution >= 4 is 38.7 Å². The Bertz CT molecular complexity index is 1560. The van der Waals surface area contributed by atoms with Gasteiger partial charge >= 0.3 is 0 Å². The summed E-state index contributed by atoms with van der Waals surface area (Å²) in [7, 11) is 0. The Balaban J connectivity index is 1.47. The molecule has 2 fully saturated rings. The molecule has 7 nitrogen and oxygen atoms in total. The topological polar surface area (TPSA) is 91.4 Å². The van der Waals surface area contributed by atoms with Crippen LogP contribution in [0, 0.1) is 0 Å². The van der Waals surface area contributed by atoms with Crippen molar-refractivity contribution in [3.8, 4) is 11.4 Å². The van der Waals surface area contributed by atoms with E-state index in [9.17, 15) is 0 Å². The first-order chi connectivity index (χ1) is 17.2. The third kappa shape index (κ3) is 3.45. The van der Waals surface area contributed by atoms with Crippen LogP contribution in [0.5, 0.6) is 0 Å². The molecule has 7 rings (SSSR count). The number of aromatic nitrogens is 5. The Morgan fingerprint density at radius 1 is 1.00 bits per heavy atom. The van der Waals surface area contributed by atoms with Crippen LogP contribution >= 0.6 is 0 Å². The van der Waals surface area contributed by atoms with Crippen LogP contribution < -0.4 is 10.6 Å². The average Bonchev–Trinajstić information content (AvgIpc) is 3.22. The van der Waals surface area contributed by atoms with Crippen molar-refractivity contribution in [3.05, 3.63) is 54.5 Å². The van der Waals surface area contributed by atoms with Gasteiger partial charge in [-0.1, -0.05) is 24.6 Å². The summed E-state index contributed by atoms with van der Waals surface area (Å²) < 4.78 is 0. The summed E-state index contributed by atoms with van der Waals surface area (Å²) in [4.78, 5) is 23.0. The maximum absolute atomic E-state index is 5.24. The fourth-order valence-corrected chi connectivity index (χ4v) is 5.69. The van der Waals surface area contributed by atoms with Crippen LogP contribution in [-0.2, 0) is 0 Å². The molecule has 0 bridgehead atoms. The molecule has 3 N–H and O–H groups in total. The second kappa shape index (κ2) is 7.99. The summed E-state index contributed by atoms with van der Waals surface area (Å²) in [6, 6.07) is 10.4. The van der Waals surface area contributed by atoms with Crippen molar-refractivity contribution in [2.24, 2.45) is 0 Å². The fourth-order valence-electron chi connectivity index (χ4n) is 5.69. The zero-order chi connectivity index (χ0) is 23.4. The number of fused-ring (bicyclic) bond motifs is 4. The minimum Gasteiger partial charge on any atom is -0.364 e. The second-order valence-electron chi connectivity index (χ2n) is 10.3. The number of nitrogens with zero attached hydrogens (tertiary/aromatic N) is 4. The van der Waals surface area contributed by atoms with Gasteiger partial charge in [0.25, 0.3) is 0 Å². The molecule has 1 aliphatic carbocycles. The van der Waals surface area contributed by atoms with Crippen molar-refractivity contribution in [3.63, 3.8) is 0 Å². The van der Waals surface area contributed by atoms with Gasteiger partial charge in [-0.3, -0.25) is 4.98 Å². The van der Waals surface area contributed by atoms with Gasteiger partial charge in [0.05, 0.1) is 11.7 Å². The maximum atomic E-state index is 5.24. The van der Waals surface area contributed by atoms with Gasteiger partial charge in [0.1, 0.15) is 11.5 Å². The number of piperidine rings is 1. The summed E-state index contributed by atoms with van der Waals surface area (Å²) in [6.07, 6.45) is 11.6. The molecule has 1 saturated heterocycles. The summed E-state index contributed by atoms with van der Waals surface area (Å²) in [5.41, 5.74) is 5.09. The van der Waals surface area contributed by atoms with E-state index in [2.05, 4.69) is 50.7 Å². The average molecular weight is 464 g/mol. The molecule has 176 valence electrons. The number of pyridine rings is 2. The molecule has 0 spiro atoms. The lowest BCUT2D eigenvalue weighted by Crippen LogP contribution is -2.45. The van der Waals surface area contributed by atoms with E-state index in [0.717, 1.165) is 70.2 Å². The van der Waals surface area contributed by atoms with Crippen LogP contribution in [-0.4, -0.2) is 43.5 Å². The molecule has 0 unspecified atom stereocenters. The lowest BCUT2D eigenvalue weighted by Gasteiger charge is -2.36. The summed E-state index contributed by atoms with van der Waals surface area (Å²) >= 11 is 0. The van der Waals surface area contributed by atoms with E-state index in [1.165, 1.54) is 24.8 Å². The van der Waals surface area contributed by atoms with Crippen molar-refractivity contribution in [2.45, 2.75) is 50.5 Å². The van der Waals surface area contributed by atoms with Gasteiger partial charge in [-0.2, -0.15) is 0 Å². The number of hydrogen-bond acceptors (Lipinski definition) is 6. The highest BCUT2D eigenvalue weighted by Gasteiger charge is 2.30. The van der Waals surface area contributed by atoms with Crippen molar-refractivity contribution < 1.29 is 0 Å². The number of anilines is 1. The molecule has 4 aromatic heterocycles. The Labute approximate surface area is 203 Å². The molecule has 5 heterocycles. The Hall–Kier alpha value is -3.58. The summed E-state index contributed by atoms with van der Waals surface area (Å²) in [5, 5.41) is 10.7. The quantitative estimate of drug-likeness (QED) is 0.324. The molecule has 35 heavy (non-hydrogen) atoms. The van der Waals surface area contributed by atoms with Crippen LogP contribution in [0.15, 0.2) is 48.9 Å². The second-order valence-corrected chi connectivity index (χ2v) is 10.3. The van der Waals surface area contributed by atoms with Crippen LogP contribution in [0.1, 0.15) is 50.5 Å². The highest BCUT2D eigenvalue weighted by Crippen LogP contribution is 2.42. The number of nitrogens with one attached hydrogen (secondary N) is 3. The first kappa shape index (κ1) is 20.8. The molecule has 0 atom stereocenters. The number of benzene rings is 1. The molecule has 1 aliphatic heterocycles. The summed E-state index contributed by atoms with van der Waals surface area (Å²) in [5.74, 6) is 2.19. The molecular formula is C28H29N7. The van der Waals surface area contributed by atoms with Gasteiger partial charge in [-0.15, -0.1) is 0 Å². The Morgan fingerprint density at radius 3 is 2.69 bits per heavy atom. The van der Waals surface area contributed by atoms with Gasteiger partial charge < -0.3 is 15.6 Å². The largest absolute Gasteiger partial charge is 0.364 e. The van der Waals surface area contributed by atoms with Gasteiger partial charge in [0, 0.05) is 45.2 Å². The molecule has 7 heteroatoms. The normalized spacial score (nSPS) is 18.2. The van der Waals surface area contributed by atoms with E-state index in [1.54, 1.807) is 0 Å². The number of H-pyrrole nitrogens is 1. The molecular weight excluding hydrogens is 434 g/mol. The number of hydrogen-bond donors (Lipinski definition) is 3. The first-order valence-corrected chi connectivity index (χ1v) is 12.7. The third-order valence-corrected chi connectivity index (χ3v) is 7.95. The third-order valence-electron chi connectivity index (χ3n) is 7.95. The molecule has 0 amide bonds. The summed E-state index contributed by atoms with van der Waals surface area (Å²) in [6.45, 7) is 4.34. The van der Waals surface area contributed by atoms with Crippen molar-refractivity contribution in [2.75, 3.05) is 18.4 Å². The first-order valence-electron chi connectivity index (χ1n) is 12.7. The monoisotopic (exact) mass is 463 g/mol. The van der Waals surface area contributed by atoms with E-state index in [-0.39, 0.29) is 5.54 Å². The van der Waals surface area contributed by atoms with Gasteiger partial charge in [-0.25, -0.2) is 15.0 Å². The zero-order valence-corrected chi connectivity index (χ0v) is 19.9. The predicted octanol–water partition coefficient (Wildman–Crippen LogP) is 5.54. The lowest BCUT2D eigenvalue weighted by atomic mass is 9.79. The van der Waals surface area contributed by atoms with Crippen molar-refractivity contribution in [1.82, 2.24) is 30.2 Å². The van der Waals surface area contributed by atoms with E-state index in [1.807, 2.05) is 30.7 Å². The SMILES string of the molecule is CC1(Nc2nc(-c3ccnc4[nH]c5ccccc5c34)nc3cncc(C4CCC4)c23)CCNCC1. The Morgan fingerprint density at radius 2 is 1.86 bits per heavy atom.